The lowest BCUT2D eigenvalue weighted by Crippen LogP contribution is -2.21. The third-order valence-corrected chi connectivity index (χ3v) is 2.20. The van der Waals surface area contributed by atoms with E-state index in [4.69, 9.17) is 9.47 Å². The molecule has 0 bridgehead atoms. The Morgan fingerprint density at radius 2 is 2.06 bits per heavy atom. The summed E-state index contributed by atoms with van der Waals surface area (Å²) in [5, 5.41) is 0. The molecule has 5 nitrogen and oxygen atoms in total. The summed E-state index contributed by atoms with van der Waals surface area (Å²) in [6.07, 6.45) is 0.842. The lowest BCUT2D eigenvalue weighted by molar-refractivity contribution is 0.0537. The molecular weight excluding hydrogens is 210 g/mol. The average molecular weight is 223 g/mol. The minimum atomic E-state index is -0.307. The molecule has 1 aromatic carbocycles. The van der Waals surface area contributed by atoms with Gasteiger partial charge in [-0.15, -0.1) is 0 Å². The number of carbonyl (C=O) groups is 1. The van der Waals surface area contributed by atoms with Crippen LogP contribution in [0.15, 0.2) is 18.2 Å². The van der Waals surface area contributed by atoms with Gasteiger partial charge in [-0.3, -0.25) is 9.63 Å². The first-order valence-corrected chi connectivity index (χ1v) is 5.04. The molecule has 0 aliphatic carbocycles. The van der Waals surface area contributed by atoms with Crippen LogP contribution in [0, 0.1) is 0 Å². The van der Waals surface area contributed by atoms with E-state index in [1.54, 1.807) is 18.2 Å². The van der Waals surface area contributed by atoms with Crippen LogP contribution in [0.5, 0.6) is 11.5 Å². The molecule has 0 atom stereocenters. The molecule has 0 saturated carbocycles. The Morgan fingerprint density at radius 3 is 2.81 bits per heavy atom. The molecule has 5 heteroatoms. The first-order chi connectivity index (χ1) is 7.81. The van der Waals surface area contributed by atoms with Gasteiger partial charge in [0.1, 0.15) is 0 Å². The fraction of sp³-hybridized carbons (Fsp3) is 0.364. The van der Waals surface area contributed by atoms with Crippen LogP contribution in [0.2, 0.25) is 0 Å². The van der Waals surface area contributed by atoms with E-state index in [2.05, 4.69) is 10.3 Å². The Kier molecular flexibility index (Phi) is 3.26. The maximum absolute atomic E-state index is 11.5. The summed E-state index contributed by atoms with van der Waals surface area (Å²) >= 11 is 0. The van der Waals surface area contributed by atoms with E-state index < -0.39 is 0 Å². The number of carbonyl (C=O) groups excluding carboxylic acids is 1. The van der Waals surface area contributed by atoms with Crippen molar-refractivity contribution in [1.29, 1.82) is 0 Å². The molecule has 2 rings (SSSR count). The quantitative estimate of drug-likeness (QED) is 0.764. The van der Waals surface area contributed by atoms with E-state index in [1.165, 1.54) is 7.11 Å². The number of ether oxygens (including phenoxy) is 2. The summed E-state index contributed by atoms with van der Waals surface area (Å²) in [6, 6.07) is 5.04. The summed E-state index contributed by atoms with van der Waals surface area (Å²) in [5.41, 5.74) is 2.73. The van der Waals surface area contributed by atoms with Gasteiger partial charge in [0.25, 0.3) is 5.91 Å². The molecule has 86 valence electrons. The van der Waals surface area contributed by atoms with Crippen molar-refractivity contribution in [2.45, 2.75) is 6.42 Å². The van der Waals surface area contributed by atoms with Crippen molar-refractivity contribution >= 4 is 5.91 Å². The summed E-state index contributed by atoms with van der Waals surface area (Å²) < 4.78 is 10.9. The summed E-state index contributed by atoms with van der Waals surface area (Å²) in [6.45, 7) is 1.24. The highest BCUT2D eigenvalue weighted by atomic mass is 16.6. The zero-order valence-corrected chi connectivity index (χ0v) is 8.99. The van der Waals surface area contributed by atoms with Gasteiger partial charge in [0, 0.05) is 12.0 Å². The highest BCUT2D eigenvalue weighted by Gasteiger charge is 2.13. The first-order valence-electron chi connectivity index (χ1n) is 5.04. The van der Waals surface area contributed by atoms with E-state index in [9.17, 15) is 4.79 Å². The minimum absolute atomic E-state index is 0.307. The maximum Gasteiger partial charge on any atom is 0.274 e. The lowest BCUT2D eigenvalue weighted by Gasteiger charge is -2.08. The normalized spacial score (nSPS) is 14.1. The molecule has 0 radical (unpaired) electrons. The van der Waals surface area contributed by atoms with Gasteiger partial charge >= 0.3 is 0 Å². The van der Waals surface area contributed by atoms with Crippen LogP contribution in [0.1, 0.15) is 16.8 Å². The second-order valence-corrected chi connectivity index (χ2v) is 3.35. The smallest absolute Gasteiger partial charge is 0.274 e. The lowest BCUT2D eigenvalue weighted by atomic mass is 10.2. The molecule has 0 aromatic heterocycles. The Hall–Kier alpha value is -1.75. The number of benzene rings is 1. The van der Waals surface area contributed by atoms with Crippen molar-refractivity contribution in [3.63, 3.8) is 0 Å². The number of amides is 1. The van der Waals surface area contributed by atoms with Crippen molar-refractivity contribution in [1.82, 2.24) is 5.48 Å². The number of fused-ring (bicyclic) bond motifs is 1. The maximum atomic E-state index is 11.5. The van der Waals surface area contributed by atoms with Crippen molar-refractivity contribution in [2.75, 3.05) is 20.3 Å². The van der Waals surface area contributed by atoms with Crippen molar-refractivity contribution < 1.29 is 19.1 Å². The van der Waals surface area contributed by atoms with E-state index in [1.807, 2.05) is 0 Å². The van der Waals surface area contributed by atoms with Crippen LogP contribution in [-0.2, 0) is 4.84 Å². The van der Waals surface area contributed by atoms with E-state index in [0.29, 0.717) is 30.3 Å². The Balaban J connectivity index is 2.23. The van der Waals surface area contributed by atoms with E-state index >= 15 is 0 Å². The molecule has 1 aromatic rings. The highest BCUT2D eigenvalue weighted by Crippen LogP contribution is 2.30. The van der Waals surface area contributed by atoms with Crippen LogP contribution in [0.25, 0.3) is 0 Å². The number of hydrogen-bond donors (Lipinski definition) is 1. The monoisotopic (exact) mass is 223 g/mol. The van der Waals surface area contributed by atoms with Gasteiger partial charge in [0.05, 0.1) is 20.3 Å². The summed E-state index contributed by atoms with van der Waals surface area (Å²) in [4.78, 5) is 16.0. The van der Waals surface area contributed by atoms with E-state index in [-0.39, 0.29) is 5.91 Å². The fourth-order valence-corrected chi connectivity index (χ4v) is 1.46. The van der Waals surface area contributed by atoms with Crippen LogP contribution < -0.4 is 15.0 Å². The molecule has 0 fully saturated rings. The Morgan fingerprint density at radius 1 is 1.31 bits per heavy atom. The summed E-state index contributed by atoms with van der Waals surface area (Å²) in [5.74, 6) is 0.964. The van der Waals surface area contributed by atoms with Crippen molar-refractivity contribution in [3.8, 4) is 11.5 Å². The topological polar surface area (TPSA) is 56.8 Å². The molecule has 0 unspecified atom stereocenters. The van der Waals surface area contributed by atoms with Gasteiger partial charge in [-0.2, -0.15) is 0 Å². The number of hydrogen-bond acceptors (Lipinski definition) is 4. The fourth-order valence-electron chi connectivity index (χ4n) is 1.46. The molecule has 1 amide bonds. The van der Waals surface area contributed by atoms with E-state index in [0.717, 1.165) is 6.42 Å². The minimum Gasteiger partial charge on any atom is -0.490 e. The Bertz CT molecular complexity index is 392. The molecule has 16 heavy (non-hydrogen) atoms. The van der Waals surface area contributed by atoms with Gasteiger partial charge in [0.15, 0.2) is 11.5 Å². The van der Waals surface area contributed by atoms with Gasteiger partial charge in [0.2, 0.25) is 0 Å². The molecule has 1 N–H and O–H groups in total. The van der Waals surface area contributed by atoms with Gasteiger partial charge < -0.3 is 9.47 Å². The molecular formula is C11H13NO4. The third kappa shape index (κ3) is 2.25. The van der Waals surface area contributed by atoms with Crippen LogP contribution in [-0.4, -0.2) is 26.2 Å². The molecule has 0 spiro atoms. The highest BCUT2D eigenvalue weighted by molar-refractivity contribution is 5.94. The van der Waals surface area contributed by atoms with Crippen LogP contribution in [0.3, 0.4) is 0 Å². The third-order valence-electron chi connectivity index (χ3n) is 2.20. The van der Waals surface area contributed by atoms with Crippen molar-refractivity contribution in [3.05, 3.63) is 23.8 Å². The molecule has 1 aliphatic heterocycles. The van der Waals surface area contributed by atoms with Crippen LogP contribution in [0.4, 0.5) is 0 Å². The van der Waals surface area contributed by atoms with Crippen molar-refractivity contribution in [2.24, 2.45) is 0 Å². The largest absolute Gasteiger partial charge is 0.490 e. The van der Waals surface area contributed by atoms with Gasteiger partial charge in [-0.05, 0) is 18.2 Å². The molecule has 1 aliphatic rings. The zero-order valence-electron chi connectivity index (χ0n) is 8.99. The summed E-state index contributed by atoms with van der Waals surface area (Å²) in [7, 11) is 1.39. The predicted octanol–water partition coefficient (Wildman–Crippen LogP) is 1.14. The second-order valence-electron chi connectivity index (χ2n) is 3.35. The second kappa shape index (κ2) is 4.85. The van der Waals surface area contributed by atoms with Crippen LogP contribution >= 0.6 is 0 Å². The SMILES string of the molecule is CONC(=O)c1ccc2c(c1)OCCCO2. The standard InChI is InChI=1S/C11H13NO4/c1-14-12-11(13)8-3-4-9-10(7-8)16-6-2-5-15-9/h3-4,7H,2,5-6H2,1H3,(H,12,13). The average Bonchev–Trinajstić information content (AvgIpc) is 2.53. The number of nitrogens with one attached hydrogen (secondary N) is 1. The number of rotatable bonds is 2. The van der Waals surface area contributed by atoms with Gasteiger partial charge in [-0.1, -0.05) is 0 Å². The predicted molar refractivity (Wildman–Crippen MR) is 56.5 cm³/mol. The Labute approximate surface area is 93.3 Å². The molecule has 0 saturated heterocycles. The van der Waals surface area contributed by atoms with Gasteiger partial charge in [-0.25, -0.2) is 5.48 Å². The molecule has 1 heterocycles. The first kappa shape index (κ1) is 10.8. The zero-order chi connectivity index (χ0) is 11.4. The number of hydroxylamine groups is 1.